The lowest BCUT2D eigenvalue weighted by Gasteiger charge is -2.00. The van der Waals surface area contributed by atoms with Gasteiger partial charge in [-0.05, 0) is 0 Å². The molecule has 0 radical (unpaired) electrons. The molecule has 66 valence electrons. The van der Waals surface area contributed by atoms with Crippen molar-refractivity contribution in [3.63, 3.8) is 0 Å². The number of hydrogen-bond acceptors (Lipinski definition) is 4. The minimum atomic E-state index is -0.946. The topological polar surface area (TPSA) is 77.2 Å². The first-order valence-corrected chi connectivity index (χ1v) is 3.31. The maximum Gasteiger partial charge on any atom is 0.325 e. The number of aromatic nitrogens is 3. The second kappa shape index (κ2) is 3.82. The van der Waals surface area contributed by atoms with E-state index in [-0.39, 0.29) is 13.2 Å². The molecule has 0 spiro atoms. The van der Waals surface area contributed by atoms with E-state index in [1.165, 1.54) is 18.1 Å². The van der Waals surface area contributed by atoms with E-state index in [2.05, 4.69) is 10.1 Å². The number of rotatable bonds is 4. The van der Waals surface area contributed by atoms with Crippen LogP contribution in [0.2, 0.25) is 0 Å². The molecule has 0 atom stereocenters. The van der Waals surface area contributed by atoms with Crippen molar-refractivity contribution < 1.29 is 14.6 Å². The lowest BCUT2D eigenvalue weighted by atomic mass is 10.6. The van der Waals surface area contributed by atoms with E-state index in [1.807, 2.05) is 0 Å². The van der Waals surface area contributed by atoms with Crippen molar-refractivity contribution in [2.45, 2.75) is 13.2 Å². The maximum absolute atomic E-state index is 10.3. The number of carboxylic acid groups (broad SMARTS) is 1. The van der Waals surface area contributed by atoms with Gasteiger partial charge in [0.15, 0.2) is 5.82 Å². The standard InChI is InChI=1S/C6H9N3O3/c1-12-3-5-7-4-8-9(5)2-6(10)11/h4H,2-3H2,1H3,(H,10,11). The van der Waals surface area contributed by atoms with Crippen LogP contribution in [-0.2, 0) is 22.7 Å². The number of methoxy groups -OCH3 is 1. The number of ether oxygens (including phenoxy) is 1. The molecule has 1 heterocycles. The summed E-state index contributed by atoms with van der Waals surface area (Å²) in [6.45, 7) is 0.0893. The average Bonchev–Trinajstić information content (AvgIpc) is 2.37. The summed E-state index contributed by atoms with van der Waals surface area (Å²) in [4.78, 5) is 14.1. The smallest absolute Gasteiger partial charge is 0.325 e. The summed E-state index contributed by atoms with van der Waals surface area (Å²) in [5, 5.41) is 12.2. The summed E-state index contributed by atoms with van der Waals surface area (Å²) >= 11 is 0. The van der Waals surface area contributed by atoms with Gasteiger partial charge in [0.05, 0.1) is 0 Å². The highest BCUT2D eigenvalue weighted by Gasteiger charge is 2.06. The third kappa shape index (κ3) is 2.03. The molecule has 1 aromatic rings. The van der Waals surface area contributed by atoms with E-state index in [0.29, 0.717) is 5.82 Å². The van der Waals surface area contributed by atoms with Gasteiger partial charge < -0.3 is 9.84 Å². The van der Waals surface area contributed by atoms with Gasteiger partial charge in [-0.2, -0.15) is 5.10 Å². The Morgan fingerprint density at radius 1 is 1.83 bits per heavy atom. The Balaban J connectivity index is 2.69. The SMILES string of the molecule is COCc1ncnn1CC(=O)O. The highest BCUT2D eigenvalue weighted by Crippen LogP contribution is 1.95. The minimum Gasteiger partial charge on any atom is -0.480 e. The molecule has 0 aromatic carbocycles. The van der Waals surface area contributed by atoms with Crippen LogP contribution in [0, 0.1) is 0 Å². The molecule has 0 bridgehead atoms. The van der Waals surface area contributed by atoms with E-state index in [4.69, 9.17) is 9.84 Å². The zero-order valence-corrected chi connectivity index (χ0v) is 6.60. The number of carbonyl (C=O) groups is 1. The van der Waals surface area contributed by atoms with Gasteiger partial charge in [-0.15, -0.1) is 0 Å². The predicted molar refractivity (Wildman–Crippen MR) is 38.4 cm³/mol. The highest BCUT2D eigenvalue weighted by molar-refractivity contribution is 5.66. The van der Waals surface area contributed by atoms with Gasteiger partial charge in [0.2, 0.25) is 0 Å². The van der Waals surface area contributed by atoms with Gasteiger partial charge in [0.1, 0.15) is 19.5 Å². The Bertz CT molecular complexity index is 271. The van der Waals surface area contributed by atoms with Crippen molar-refractivity contribution in [1.82, 2.24) is 14.8 Å². The first-order chi connectivity index (χ1) is 5.74. The van der Waals surface area contributed by atoms with Crippen LogP contribution in [0.25, 0.3) is 0 Å². The molecule has 6 heteroatoms. The Labute approximate surface area is 68.8 Å². The Morgan fingerprint density at radius 2 is 2.58 bits per heavy atom. The van der Waals surface area contributed by atoms with Crippen LogP contribution < -0.4 is 0 Å². The average molecular weight is 171 g/mol. The third-order valence-corrected chi connectivity index (χ3v) is 1.25. The second-order valence-corrected chi connectivity index (χ2v) is 2.16. The second-order valence-electron chi connectivity index (χ2n) is 2.16. The van der Waals surface area contributed by atoms with Gasteiger partial charge in [-0.3, -0.25) is 4.79 Å². The molecule has 6 nitrogen and oxygen atoms in total. The zero-order chi connectivity index (χ0) is 8.97. The summed E-state index contributed by atoms with van der Waals surface area (Å²) in [5.74, 6) is -0.433. The van der Waals surface area contributed by atoms with Crippen molar-refractivity contribution in [3.05, 3.63) is 12.2 Å². The van der Waals surface area contributed by atoms with Crippen molar-refractivity contribution in [3.8, 4) is 0 Å². The van der Waals surface area contributed by atoms with Gasteiger partial charge >= 0.3 is 5.97 Å². The Kier molecular flexibility index (Phi) is 2.76. The Morgan fingerprint density at radius 3 is 3.17 bits per heavy atom. The van der Waals surface area contributed by atoms with E-state index in [1.54, 1.807) is 0 Å². The minimum absolute atomic E-state index is 0.182. The summed E-state index contributed by atoms with van der Waals surface area (Å²) in [6, 6.07) is 0. The van der Waals surface area contributed by atoms with E-state index >= 15 is 0 Å². The molecule has 0 saturated heterocycles. The van der Waals surface area contributed by atoms with Gasteiger partial charge in [-0.25, -0.2) is 9.67 Å². The molecule has 0 aliphatic carbocycles. The number of hydrogen-bond donors (Lipinski definition) is 1. The number of carboxylic acids is 1. The lowest BCUT2D eigenvalue weighted by molar-refractivity contribution is -0.138. The molecule has 1 rings (SSSR count). The number of aliphatic carboxylic acids is 1. The molecule has 0 aliphatic rings. The Hall–Kier alpha value is -1.43. The van der Waals surface area contributed by atoms with Crippen molar-refractivity contribution in [2.24, 2.45) is 0 Å². The van der Waals surface area contributed by atoms with Crippen LogP contribution in [0.4, 0.5) is 0 Å². The molecular formula is C6H9N3O3. The first-order valence-electron chi connectivity index (χ1n) is 3.31. The van der Waals surface area contributed by atoms with Crippen LogP contribution >= 0.6 is 0 Å². The van der Waals surface area contributed by atoms with Crippen LogP contribution in [0.15, 0.2) is 6.33 Å². The molecule has 0 amide bonds. The molecular weight excluding hydrogens is 162 g/mol. The van der Waals surface area contributed by atoms with Crippen LogP contribution in [-0.4, -0.2) is 33.0 Å². The fourth-order valence-electron chi connectivity index (χ4n) is 0.789. The maximum atomic E-state index is 10.3. The normalized spacial score (nSPS) is 10.1. The molecule has 0 saturated carbocycles. The van der Waals surface area contributed by atoms with Gasteiger partial charge in [0.25, 0.3) is 0 Å². The van der Waals surface area contributed by atoms with Crippen LogP contribution in [0.1, 0.15) is 5.82 Å². The van der Waals surface area contributed by atoms with E-state index < -0.39 is 5.97 Å². The third-order valence-electron chi connectivity index (χ3n) is 1.25. The molecule has 12 heavy (non-hydrogen) atoms. The zero-order valence-electron chi connectivity index (χ0n) is 6.60. The van der Waals surface area contributed by atoms with Crippen molar-refractivity contribution in [1.29, 1.82) is 0 Å². The number of nitrogens with zero attached hydrogens (tertiary/aromatic N) is 3. The molecule has 0 aliphatic heterocycles. The lowest BCUT2D eigenvalue weighted by Crippen LogP contribution is -2.13. The van der Waals surface area contributed by atoms with E-state index in [0.717, 1.165) is 0 Å². The highest BCUT2D eigenvalue weighted by atomic mass is 16.5. The predicted octanol–water partition coefficient (Wildman–Crippen LogP) is -0.491. The molecule has 1 N–H and O–H groups in total. The summed E-state index contributed by atoms with van der Waals surface area (Å²) < 4.78 is 6.08. The monoisotopic (exact) mass is 171 g/mol. The van der Waals surface area contributed by atoms with Gasteiger partial charge in [0, 0.05) is 7.11 Å². The van der Waals surface area contributed by atoms with Crippen LogP contribution in [0.3, 0.4) is 0 Å². The van der Waals surface area contributed by atoms with E-state index in [9.17, 15) is 4.79 Å². The summed E-state index contributed by atoms with van der Waals surface area (Å²) in [6.07, 6.45) is 1.30. The van der Waals surface area contributed by atoms with Crippen LogP contribution in [0.5, 0.6) is 0 Å². The molecule has 1 aromatic heterocycles. The van der Waals surface area contributed by atoms with Crippen molar-refractivity contribution >= 4 is 5.97 Å². The fraction of sp³-hybridized carbons (Fsp3) is 0.500. The van der Waals surface area contributed by atoms with Crippen molar-refractivity contribution in [2.75, 3.05) is 7.11 Å². The molecule has 0 fully saturated rings. The molecule has 0 unspecified atom stereocenters. The van der Waals surface area contributed by atoms with Gasteiger partial charge in [-0.1, -0.05) is 0 Å². The summed E-state index contributed by atoms with van der Waals surface area (Å²) in [7, 11) is 1.51. The quantitative estimate of drug-likeness (QED) is 0.661. The largest absolute Gasteiger partial charge is 0.480 e. The fourth-order valence-corrected chi connectivity index (χ4v) is 0.789. The first kappa shape index (κ1) is 8.66. The summed E-state index contributed by atoms with van der Waals surface area (Å²) in [5.41, 5.74) is 0.